The zero-order valence-electron chi connectivity index (χ0n) is 17.9. The highest BCUT2D eigenvalue weighted by Gasteiger charge is 2.57. The lowest BCUT2D eigenvalue weighted by Gasteiger charge is -2.59. The fraction of sp³-hybridized carbons (Fsp3) is 0.538. The monoisotopic (exact) mass is 380 g/mol. The summed E-state index contributed by atoms with van der Waals surface area (Å²) in [4.78, 5) is 0. The molecular formula is C26H36O2. The van der Waals surface area contributed by atoms with Gasteiger partial charge in [0.1, 0.15) is 5.75 Å². The first-order valence-corrected chi connectivity index (χ1v) is 10.9. The molecule has 0 bridgehead atoms. The van der Waals surface area contributed by atoms with Gasteiger partial charge in [-0.2, -0.15) is 0 Å². The molecule has 4 unspecified atom stereocenters. The molecule has 1 N–H and O–H groups in total. The van der Waals surface area contributed by atoms with Crippen molar-refractivity contribution >= 4 is 0 Å². The summed E-state index contributed by atoms with van der Waals surface area (Å²) < 4.78 is 5.34. The van der Waals surface area contributed by atoms with Gasteiger partial charge in [0.15, 0.2) is 0 Å². The molecule has 1 aliphatic rings. The first kappa shape index (κ1) is 20.9. The second kappa shape index (κ2) is 8.69. The van der Waals surface area contributed by atoms with E-state index in [2.05, 4.69) is 57.2 Å². The first-order valence-electron chi connectivity index (χ1n) is 10.9. The van der Waals surface area contributed by atoms with E-state index in [1.165, 1.54) is 31.2 Å². The maximum absolute atomic E-state index is 12.2. The predicted molar refractivity (Wildman–Crippen MR) is 117 cm³/mol. The number of hydrogen-bond donors (Lipinski definition) is 1. The van der Waals surface area contributed by atoms with Crippen molar-refractivity contribution in [1.82, 2.24) is 0 Å². The normalized spacial score (nSPS) is 26.3. The molecule has 0 heterocycles. The highest BCUT2D eigenvalue weighted by molar-refractivity contribution is 5.34. The van der Waals surface area contributed by atoms with Gasteiger partial charge in [-0.15, -0.1) is 0 Å². The number of ether oxygens (including phenoxy) is 1. The molecule has 2 nitrogen and oxygen atoms in total. The Kier molecular flexibility index (Phi) is 6.50. The van der Waals surface area contributed by atoms with Crippen LogP contribution in [0.15, 0.2) is 54.6 Å². The summed E-state index contributed by atoms with van der Waals surface area (Å²) in [7, 11) is 1.69. The van der Waals surface area contributed by atoms with Gasteiger partial charge in [0.2, 0.25) is 0 Å². The molecule has 28 heavy (non-hydrogen) atoms. The van der Waals surface area contributed by atoms with Crippen LogP contribution in [0.3, 0.4) is 0 Å². The number of aliphatic hydroxyl groups is 1. The lowest BCUT2D eigenvalue weighted by atomic mass is 9.46. The highest BCUT2D eigenvalue weighted by Crippen LogP contribution is 2.61. The number of rotatable bonds is 9. The molecule has 0 saturated heterocycles. The summed E-state index contributed by atoms with van der Waals surface area (Å²) in [5, 5.41) is 12.2. The topological polar surface area (TPSA) is 29.5 Å². The number of methoxy groups -OCH3 is 1. The Labute approximate surface area is 170 Å². The van der Waals surface area contributed by atoms with Crippen LogP contribution in [0.1, 0.15) is 64.0 Å². The van der Waals surface area contributed by atoms with Crippen molar-refractivity contribution in [1.29, 1.82) is 0 Å². The largest absolute Gasteiger partial charge is 0.497 e. The van der Waals surface area contributed by atoms with E-state index in [9.17, 15) is 5.11 Å². The van der Waals surface area contributed by atoms with Gasteiger partial charge in [-0.3, -0.25) is 0 Å². The summed E-state index contributed by atoms with van der Waals surface area (Å²) in [5.41, 5.74) is 1.72. The van der Waals surface area contributed by atoms with Crippen molar-refractivity contribution < 1.29 is 9.84 Å². The van der Waals surface area contributed by atoms with Gasteiger partial charge in [0, 0.05) is 6.42 Å². The SMILES string of the molecule is CCCC1C(C(O)(Cc2ccccc2)c2ccc(OC)cc2)CC1(C)CCC. The summed E-state index contributed by atoms with van der Waals surface area (Å²) in [5.74, 6) is 1.69. The third-order valence-corrected chi connectivity index (χ3v) is 7.01. The van der Waals surface area contributed by atoms with E-state index in [-0.39, 0.29) is 5.92 Å². The van der Waals surface area contributed by atoms with Crippen LogP contribution in [0.4, 0.5) is 0 Å². The van der Waals surface area contributed by atoms with Gasteiger partial charge in [0.05, 0.1) is 12.7 Å². The molecule has 0 spiro atoms. The van der Waals surface area contributed by atoms with Crippen molar-refractivity contribution in [2.45, 2.75) is 64.9 Å². The molecule has 2 heteroatoms. The second-order valence-corrected chi connectivity index (χ2v) is 8.92. The zero-order valence-corrected chi connectivity index (χ0v) is 17.9. The Morgan fingerprint density at radius 3 is 2.29 bits per heavy atom. The van der Waals surface area contributed by atoms with Crippen molar-refractivity contribution in [3.8, 4) is 5.75 Å². The fourth-order valence-corrected chi connectivity index (χ4v) is 5.58. The van der Waals surface area contributed by atoms with Gasteiger partial charge in [0.25, 0.3) is 0 Å². The summed E-state index contributed by atoms with van der Waals surface area (Å²) in [6, 6.07) is 18.5. The lowest BCUT2D eigenvalue weighted by Crippen LogP contribution is -2.56. The Bertz CT molecular complexity index is 739. The Hall–Kier alpha value is -1.80. The van der Waals surface area contributed by atoms with Gasteiger partial charge in [-0.25, -0.2) is 0 Å². The van der Waals surface area contributed by atoms with Crippen LogP contribution in [0, 0.1) is 17.3 Å². The van der Waals surface area contributed by atoms with Gasteiger partial charge >= 0.3 is 0 Å². The summed E-state index contributed by atoms with van der Waals surface area (Å²) >= 11 is 0. The molecule has 152 valence electrons. The lowest BCUT2D eigenvalue weighted by molar-refractivity contribution is -0.163. The average molecular weight is 381 g/mol. The Balaban J connectivity index is 1.98. The highest BCUT2D eigenvalue weighted by atomic mass is 16.5. The van der Waals surface area contributed by atoms with Crippen molar-refractivity contribution in [2.75, 3.05) is 7.11 Å². The van der Waals surface area contributed by atoms with E-state index in [4.69, 9.17) is 4.74 Å². The molecule has 2 aromatic rings. The number of hydrogen-bond acceptors (Lipinski definition) is 2. The zero-order chi connectivity index (χ0) is 20.2. The van der Waals surface area contributed by atoms with E-state index in [1.807, 2.05) is 18.2 Å². The summed E-state index contributed by atoms with van der Waals surface area (Å²) in [6.45, 7) is 6.98. The third kappa shape index (κ3) is 3.98. The van der Waals surface area contributed by atoms with E-state index in [1.54, 1.807) is 7.11 Å². The van der Waals surface area contributed by atoms with Crippen molar-refractivity contribution in [3.05, 3.63) is 65.7 Å². The van der Waals surface area contributed by atoms with Crippen molar-refractivity contribution in [3.63, 3.8) is 0 Å². The Morgan fingerprint density at radius 2 is 1.71 bits per heavy atom. The van der Waals surface area contributed by atoms with Crippen LogP contribution < -0.4 is 4.74 Å². The van der Waals surface area contributed by atoms with E-state index < -0.39 is 5.60 Å². The molecule has 1 aliphatic carbocycles. The van der Waals surface area contributed by atoms with E-state index in [0.29, 0.717) is 17.8 Å². The molecule has 1 saturated carbocycles. The minimum atomic E-state index is -0.847. The third-order valence-electron chi connectivity index (χ3n) is 7.01. The van der Waals surface area contributed by atoms with Crippen LogP contribution in [-0.2, 0) is 12.0 Å². The quantitative estimate of drug-likeness (QED) is 0.548. The molecule has 0 aliphatic heterocycles. The van der Waals surface area contributed by atoms with Crippen LogP contribution >= 0.6 is 0 Å². The molecule has 2 aromatic carbocycles. The smallest absolute Gasteiger partial charge is 0.118 e. The molecule has 0 aromatic heterocycles. The van der Waals surface area contributed by atoms with Crippen molar-refractivity contribution in [2.24, 2.45) is 17.3 Å². The molecule has 1 fully saturated rings. The molecule has 3 rings (SSSR count). The maximum Gasteiger partial charge on any atom is 0.118 e. The molecule has 0 amide bonds. The Morgan fingerprint density at radius 1 is 1.04 bits per heavy atom. The standard InChI is InChI=1S/C26H36O2/c1-5-10-23-24(19-25(23,3)17-6-2)26(27,18-20-11-8-7-9-12-20)21-13-15-22(28-4)16-14-21/h7-9,11-16,23-24,27H,5-6,10,17-19H2,1-4H3. The van der Waals surface area contributed by atoms with Crippen LogP contribution in [-0.4, -0.2) is 12.2 Å². The minimum Gasteiger partial charge on any atom is -0.497 e. The van der Waals surface area contributed by atoms with Crippen LogP contribution in [0.25, 0.3) is 0 Å². The molecule has 0 radical (unpaired) electrons. The van der Waals surface area contributed by atoms with E-state index in [0.717, 1.165) is 17.7 Å². The van der Waals surface area contributed by atoms with Gasteiger partial charge in [-0.05, 0) is 59.8 Å². The van der Waals surface area contributed by atoms with Gasteiger partial charge < -0.3 is 9.84 Å². The molecular weight excluding hydrogens is 344 g/mol. The summed E-state index contributed by atoms with van der Waals surface area (Å²) in [6.07, 6.45) is 6.58. The minimum absolute atomic E-state index is 0.289. The second-order valence-electron chi connectivity index (χ2n) is 8.92. The van der Waals surface area contributed by atoms with Crippen LogP contribution in [0.5, 0.6) is 5.75 Å². The fourth-order valence-electron chi connectivity index (χ4n) is 5.58. The average Bonchev–Trinajstić information content (AvgIpc) is 2.71. The maximum atomic E-state index is 12.2. The number of benzene rings is 2. The van der Waals surface area contributed by atoms with Gasteiger partial charge in [-0.1, -0.05) is 76.1 Å². The first-order chi connectivity index (χ1) is 13.5. The van der Waals surface area contributed by atoms with Crippen LogP contribution in [0.2, 0.25) is 0 Å². The molecule has 4 atom stereocenters. The van der Waals surface area contributed by atoms with E-state index >= 15 is 0 Å². The predicted octanol–water partition coefficient (Wildman–Crippen LogP) is 6.37.